The van der Waals surface area contributed by atoms with Crippen molar-refractivity contribution in [2.45, 2.75) is 26.3 Å². The molecule has 0 radical (unpaired) electrons. The summed E-state index contributed by atoms with van der Waals surface area (Å²) in [6.45, 7) is 5.20. The fourth-order valence-electron chi connectivity index (χ4n) is 1.52. The Balaban J connectivity index is 2.91. The molecule has 1 rings (SSSR count). The summed E-state index contributed by atoms with van der Waals surface area (Å²) in [5, 5.41) is 2.84. The highest BCUT2D eigenvalue weighted by Gasteiger charge is 2.29. The molecule has 0 bridgehead atoms. The minimum atomic E-state index is -1.00. The molecule has 0 spiro atoms. The molecule has 0 saturated heterocycles. The van der Waals surface area contributed by atoms with Crippen LogP contribution in [0.15, 0.2) is 18.2 Å². The highest BCUT2D eigenvalue weighted by Crippen LogP contribution is 2.19. The lowest BCUT2D eigenvalue weighted by Gasteiger charge is -2.25. The zero-order valence-corrected chi connectivity index (χ0v) is 11.1. The molecule has 104 valence electrons. The van der Waals surface area contributed by atoms with E-state index in [-0.39, 0.29) is 12.2 Å². The molecule has 0 aliphatic carbocycles. The molecule has 0 saturated carbocycles. The highest BCUT2D eigenvalue weighted by molar-refractivity contribution is 5.93. The molecule has 0 atom stereocenters. The number of halogens is 1. The van der Waals surface area contributed by atoms with Crippen molar-refractivity contribution >= 4 is 17.6 Å². The quantitative estimate of drug-likeness (QED) is 0.796. The second-order valence-electron chi connectivity index (χ2n) is 4.53. The lowest BCUT2D eigenvalue weighted by molar-refractivity contribution is -0.147. The van der Waals surface area contributed by atoms with E-state index >= 15 is 0 Å². The Morgan fingerprint density at radius 2 is 2.05 bits per heavy atom. The van der Waals surface area contributed by atoms with Crippen molar-refractivity contribution in [1.29, 1.82) is 0 Å². The number of nitrogens with two attached hydrogens (primary N) is 1. The Hall–Kier alpha value is -2.11. The Morgan fingerprint density at radius 3 is 2.53 bits per heavy atom. The number of primary amides is 1. The number of hydrogen-bond donors (Lipinski definition) is 2. The van der Waals surface area contributed by atoms with Crippen LogP contribution in [0.4, 0.5) is 10.1 Å². The number of carbonyl (C=O) groups is 2. The summed E-state index contributed by atoms with van der Waals surface area (Å²) < 4.78 is 18.5. The normalized spacial score (nSPS) is 10.9. The van der Waals surface area contributed by atoms with E-state index in [1.807, 2.05) is 0 Å². The monoisotopic (exact) mass is 268 g/mol. The van der Waals surface area contributed by atoms with Crippen LogP contribution in [0.5, 0.6) is 0 Å². The maximum atomic E-state index is 13.6. The lowest BCUT2D eigenvalue weighted by Crippen LogP contribution is -2.41. The van der Waals surface area contributed by atoms with Gasteiger partial charge in [0.15, 0.2) is 0 Å². The first-order chi connectivity index (χ1) is 8.77. The number of esters is 1. The molecule has 3 N–H and O–H groups in total. The predicted molar refractivity (Wildman–Crippen MR) is 69.3 cm³/mol. The topological polar surface area (TPSA) is 81.4 Å². The number of carbonyl (C=O) groups excluding carboxylic acids is 2. The third-order valence-electron chi connectivity index (χ3n) is 2.48. The standard InChI is InChI=1S/C13H17FN2O3/c1-4-19-12(18)13(2,3)16-8-5-6-9(11(15)17)10(14)7-8/h5-7,16H,4H2,1-3H3,(H2,15,17). The van der Waals surface area contributed by atoms with Crippen molar-refractivity contribution in [2.24, 2.45) is 5.73 Å². The molecule has 0 unspecified atom stereocenters. The van der Waals surface area contributed by atoms with Gasteiger partial charge in [0.2, 0.25) is 0 Å². The highest BCUT2D eigenvalue weighted by atomic mass is 19.1. The first kappa shape index (κ1) is 14.9. The predicted octanol–water partition coefficient (Wildman–Crippen LogP) is 1.68. The van der Waals surface area contributed by atoms with Crippen molar-refractivity contribution in [3.63, 3.8) is 0 Å². The Morgan fingerprint density at radius 1 is 1.42 bits per heavy atom. The van der Waals surface area contributed by atoms with Gasteiger partial charge in [-0.25, -0.2) is 9.18 Å². The Kier molecular flexibility index (Phi) is 4.47. The van der Waals surface area contributed by atoms with Gasteiger partial charge < -0.3 is 15.8 Å². The van der Waals surface area contributed by atoms with Gasteiger partial charge >= 0.3 is 5.97 Å². The summed E-state index contributed by atoms with van der Waals surface area (Å²) in [4.78, 5) is 22.6. The van der Waals surface area contributed by atoms with Gasteiger partial charge in [-0.2, -0.15) is 0 Å². The summed E-state index contributed by atoms with van der Waals surface area (Å²) in [6, 6.07) is 3.85. The summed E-state index contributed by atoms with van der Waals surface area (Å²) in [5.74, 6) is -2.03. The zero-order chi connectivity index (χ0) is 14.6. The molecular formula is C13H17FN2O3. The van der Waals surface area contributed by atoms with Crippen molar-refractivity contribution in [3.05, 3.63) is 29.6 Å². The fourth-order valence-corrected chi connectivity index (χ4v) is 1.52. The van der Waals surface area contributed by atoms with Gasteiger partial charge in [-0.1, -0.05) is 0 Å². The molecule has 5 nitrogen and oxygen atoms in total. The number of amides is 1. The average molecular weight is 268 g/mol. The second kappa shape index (κ2) is 5.69. The van der Waals surface area contributed by atoms with Crippen LogP contribution in [0.25, 0.3) is 0 Å². The minimum absolute atomic E-state index is 0.195. The van der Waals surface area contributed by atoms with E-state index in [1.54, 1.807) is 20.8 Å². The number of hydrogen-bond acceptors (Lipinski definition) is 4. The van der Waals surface area contributed by atoms with E-state index in [0.29, 0.717) is 5.69 Å². The molecule has 1 amide bonds. The molecule has 19 heavy (non-hydrogen) atoms. The van der Waals surface area contributed by atoms with E-state index in [2.05, 4.69) is 5.32 Å². The lowest BCUT2D eigenvalue weighted by atomic mass is 10.0. The molecule has 0 heterocycles. The van der Waals surface area contributed by atoms with Crippen LogP contribution in [0, 0.1) is 5.82 Å². The van der Waals surface area contributed by atoms with Gasteiger partial charge in [0, 0.05) is 5.69 Å². The van der Waals surface area contributed by atoms with Crippen molar-refractivity contribution < 1.29 is 18.7 Å². The number of benzene rings is 1. The minimum Gasteiger partial charge on any atom is -0.464 e. The van der Waals surface area contributed by atoms with Crippen LogP contribution in [-0.2, 0) is 9.53 Å². The van der Waals surface area contributed by atoms with Crippen LogP contribution >= 0.6 is 0 Å². The number of rotatable bonds is 5. The van der Waals surface area contributed by atoms with Gasteiger partial charge in [-0.15, -0.1) is 0 Å². The molecular weight excluding hydrogens is 251 g/mol. The first-order valence-corrected chi connectivity index (χ1v) is 5.82. The fraction of sp³-hybridized carbons (Fsp3) is 0.385. The van der Waals surface area contributed by atoms with E-state index in [0.717, 1.165) is 6.07 Å². The third kappa shape index (κ3) is 3.67. The molecule has 0 aromatic heterocycles. The van der Waals surface area contributed by atoms with Gasteiger partial charge in [-0.3, -0.25) is 4.79 Å². The van der Waals surface area contributed by atoms with E-state index in [9.17, 15) is 14.0 Å². The van der Waals surface area contributed by atoms with Crippen molar-refractivity contribution in [1.82, 2.24) is 0 Å². The molecule has 1 aromatic carbocycles. The van der Waals surface area contributed by atoms with Crippen molar-refractivity contribution in [2.75, 3.05) is 11.9 Å². The van der Waals surface area contributed by atoms with Crippen LogP contribution in [0.2, 0.25) is 0 Å². The average Bonchev–Trinajstić information content (AvgIpc) is 2.28. The number of nitrogens with one attached hydrogen (secondary N) is 1. The summed E-state index contributed by atoms with van der Waals surface area (Å²) in [7, 11) is 0. The van der Waals surface area contributed by atoms with Gasteiger partial charge in [-0.05, 0) is 39.0 Å². The van der Waals surface area contributed by atoms with Gasteiger partial charge in [0.25, 0.3) is 5.91 Å². The van der Waals surface area contributed by atoms with Crippen LogP contribution in [0.3, 0.4) is 0 Å². The smallest absolute Gasteiger partial charge is 0.331 e. The van der Waals surface area contributed by atoms with Gasteiger partial charge in [0.1, 0.15) is 11.4 Å². The zero-order valence-electron chi connectivity index (χ0n) is 11.1. The van der Waals surface area contributed by atoms with E-state index in [4.69, 9.17) is 10.5 Å². The van der Waals surface area contributed by atoms with Crippen LogP contribution in [0.1, 0.15) is 31.1 Å². The SMILES string of the molecule is CCOC(=O)C(C)(C)Nc1ccc(C(N)=O)c(F)c1. The summed E-state index contributed by atoms with van der Waals surface area (Å²) in [6.07, 6.45) is 0. The van der Waals surface area contributed by atoms with Crippen LogP contribution < -0.4 is 11.1 Å². The van der Waals surface area contributed by atoms with E-state index in [1.165, 1.54) is 12.1 Å². The first-order valence-electron chi connectivity index (χ1n) is 5.82. The van der Waals surface area contributed by atoms with Crippen LogP contribution in [-0.4, -0.2) is 24.0 Å². The molecule has 6 heteroatoms. The Bertz CT molecular complexity index is 501. The van der Waals surface area contributed by atoms with Crippen molar-refractivity contribution in [3.8, 4) is 0 Å². The maximum Gasteiger partial charge on any atom is 0.331 e. The third-order valence-corrected chi connectivity index (χ3v) is 2.48. The molecule has 1 aromatic rings. The van der Waals surface area contributed by atoms with Gasteiger partial charge in [0.05, 0.1) is 12.2 Å². The molecule has 0 aliphatic heterocycles. The second-order valence-corrected chi connectivity index (χ2v) is 4.53. The Labute approximate surface area is 110 Å². The maximum absolute atomic E-state index is 13.6. The molecule has 0 aliphatic rings. The largest absolute Gasteiger partial charge is 0.464 e. The molecule has 0 fully saturated rings. The summed E-state index contributed by atoms with van der Waals surface area (Å²) >= 11 is 0. The number of ether oxygens (including phenoxy) is 1. The van der Waals surface area contributed by atoms with E-state index < -0.39 is 23.2 Å². The summed E-state index contributed by atoms with van der Waals surface area (Å²) in [5.41, 5.74) is 4.17. The number of anilines is 1.